The summed E-state index contributed by atoms with van der Waals surface area (Å²) in [5.74, 6) is 0.0862. The molecule has 0 aliphatic rings. The largest absolute Gasteiger partial charge is 0.295 e. The monoisotopic (exact) mass is 236 g/mol. The molecular formula is C17H16O. The Bertz CT molecular complexity index is 591. The van der Waals surface area contributed by atoms with Crippen molar-refractivity contribution < 1.29 is 4.79 Å². The molecule has 0 saturated heterocycles. The van der Waals surface area contributed by atoms with Crippen LogP contribution in [0.2, 0.25) is 0 Å². The quantitative estimate of drug-likeness (QED) is 0.728. The van der Waals surface area contributed by atoms with Gasteiger partial charge in [0.15, 0.2) is 5.78 Å². The van der Waals surface area contributed by atoms with Gasteiger partial charge in [-0.15, -0.1) is 0 Å². The molecule has 0 heterocycles. The topological polar surface area (TPSA) is 17.1 Å². The predicted octanol–water partition coefficient (Wildman–Crippen LogP) is 4.26. The van der Waals surface area contributed by atoms with Gasteiger partial charge in [-0.1, -0.05) is 55.1 Å². The van der Waals surface area contributed by atoms with E-state index in [0.717, 1.165) is 22.3 Å². The average molecular weight is 236 g/mol. The Morgan fingerprint density at radius 1 is 0.944 bits per heavy atom. The van der Waals surface area contributed by atoms with Crippen LogP contribution in [0.5, 0.6) is 0 Å². The van der Waals surface area contributed by atoms with Crippen LogP contribution >= 0.6 is 0 Å². The summed E-state index contributed by atoms with van der Waals surface area (Å²) in [7, 11) is 0. The van der Waals surface area contributed by atoms with Crippen LogP contribution in [0.1, 0.15) is 34.0 Å². The van der Waals surface area contributed by atoms with Gasteiger partial charge in [-0.3, -0.25) is 4.79 Å². The first-order chi connectivity index (χ1) is 8.59. The molecule has 0 unspecified atom stereocenters. The zero-order valence-corrected chi connectivity index (χ0v) is 10.7. The van der Waals surface area contributed by atoms with Crippen molar-refractivity contribution in [3.05, 3.63) is 77.4 Å². The van der Waals surface area contributed by atoms with Crippen LogP contribution in [-0.2, 0) is 0 Å². The Hall–Kier alpha value is -2.15. The Balaban J connectivity index is 2.35. The van der Waals surface area contributed by atoms with Crippen molar-refractivity contribution in [2.24, 2.45) is 0 Å². The van der Waals surface area contributed by atoms with Gasteiger partial charge in [0, 0.05) is 5.56 Å². The second-order valence-corrected chi connectivity index (χ2v) is 4.43. The molecule has 90 valence electrons. The second-order valence-electron chi connectivity index (χ2n) is 4.43. The molecule has 2 aromatic carbocycles. The summed E-state index contributed by atoms with van der Waals surface area (Å²) < 4.78 is 0. The average Bonchev–Trinajstić information content (AvgIpc) is 2.38. The highest BCUT2D eigenvalue weighted by atomic mass is 16.1. The molecule has 0 aromatic heterocycles. The van der Waals surface area contributed by atoms with E-state index in [1.54, 1.807) is 6.92 Å². The van der Waals surface area contributed by atoms with Gasteiger partial charge >= 0.3 is 0 Å². The zero-order valence-electron chi connectivity index (χ0n) is 10.7. The smallest absolute Gasteiger partial charge is 0.159 e. The Morgan fingerprint density at radius 3 is 2.06 bits per heavy atom. The standard InChI is InChI=1S/C17H16O/c1-12-6-4-5-7-17(12)13(2)15-8-10-16(11-9-15)14(3)18/h4-11H,2H2,1,3H3. The predicted molar refractivity (Wildman–Crippen MR) is 75.8 cm³/mol. The fourth-order valence-electron chi connectivity index (χ4n) is 1.97. The molecule has 0 aliphatic heterocycles. The van der Waals surface area contributed by atoms with Crippen LogP contribution in [0.15, 0.2) is 55.1 Å². The lowest BCUT2D eigenvalue weighted by molar-refractivity contribution is 0.101. The van der Waals surface area contributed by atoms with Gasteiger partial charge in [-0.25, -0.2) is 0 Å². The van der Waals surface area contributed by atoms with Crippen LogP contribution in [0.4, 0.5) is 0 Å². The van der Waals surface area contributed by atoms with E-state index in [-0.39, 0.29) is 5.78 Å². The van der Waals surface area contributed by atoms with Crippen LogP contribution in [0.25, 0.3) is 5.57 Å². The molecule has 0 aliphatic carbocycles. The number of carbonyl (C=O) groups is 1. The molecule has 0 N–H and O–H groups in total. The third-order valence-corrected chi connectivity index (χ3v) is 3.11. The van der Waals surface area contributed by atoms with Gasteiger partial charge in [-0.2, -0.15) is 0 Å². The lowest BCUT2D eigenvalue weighted by Crippen LogP contribution is -1.93. The number of aryl methyl sites for hydroxylation is 1. The first kappa shape index (κ1) is 12.3. The molecule has 0 fully saturated rings. The van der Waals surface area contributed by atoms with Crippen molar-refractivity contribution in [2.45, 2.75) is 13.8 Å². The molecule has 0 atom stereocenters. The highest BCUT2D eigenvalue weighted by Crippen LogP contribution is 2.24. The number of ketones is 1. The van der Waals surface area contributed by atoms with E-state index < -0.39 is 0 Å². The normalized spacial score (nSPS) is 10.1. The Labute approximate surface area is 108 Å². The molecule has 0 radical (unpaired) electrons. The van der Waals surface area contributed by atoms with Crippen molar-refractivity contribution in [1.82, 2.24) is 0 Å². The van der Waals surface area contributed by atoms with Crippen LogP contribution < -0.4 is 0 Å². The van der Waals surface area contributed by atoms with Crippen molar-refractivity contribution in [2.75, 3.05) is 0 Å². The van der Waals surface area contributed by atoms with Gasteiger partial charge in [-0.05, 0) is 36.1 Å². The van der Waals surface area contributed by atoms with E-state index >= 15 is 0 Å². The van der Waals surface area contributed by atoms with Crippen LogP contribution in [-0.4, -0.2) is 5.78 Å². The van der Waals surface area contributed by atoms with Gasteiger partial charge in [0.2, 0.25) is 0 Å². The molecule has 0 spiro atoms. The summed E-state index contributed by atoms with van der Waals surface area (Å²) in [5.41, 5.74) is 5.13. The summed E-state index contributed by atoms with van der Waals surface area (Å²) in [4.78, 5) is 11.2. The lowest BCUT2D eigenvalue weighted by Gasteiger charge is -2.09. The number of Topliss-reactive ketones (excluding diaryl/α,β-unsaturated/α-hetero) is 1. The van der Waals surface area contributed by atoms with Crippen LogP contribution in [0, 0.1) is 6.92 Å². The fourth-order valence-corrected chi connectivity index (χ4v) is 1.97. The minimum atomic E-state index is 0.0862. The van der Waals surface area contributed by atoms with Gasteiger partial charge < -0.3 is 0 Å². The molecule has 0 saturated carbocycles. The number of hydrogen-bond acceptors (Lipinski definition) is 1. The summed E-state index contributed by atoms with van der Waals surface area (Å²) in [5, 5.41) is 0. The maximum atomic E-state index is 11.2. The molecule has 0 bridgehead atoms. The molecule has 2 aromatic rings. The van der Waals surface area contributed by atoms with Gasteiger partial charge in [0.1, 0.15) is 0 Å². The molecule has 1 heteroatoms. The Kier molecular flexibility index (Phi) is 3.42. The second kappa shape index (κ2) is 5.01. The third-order valence-electron chi connectivity index (χ3n) is 3.11. The maximum Gasteiger partial charge on any atom is 0.159 e. The molecular weight excluding hydrogens is 220 g/mol. The number of carbonyl (C=O) groups excluding carboxylic acids is 1. The van der Waals surface area contributed by atoms with Gasteiger partial charge in [0.25, 0.3) is 0 Å². The van der Waals surface area contributed by atoms with E-state index in [2.05, 4.69) is 25.6 Å². The van der Waals surface area contributed by atoms with Crippen molar-refractivity contribution in [3.63, 3.8) is 0 Å². The highest BCUT2D eigenvalue weighted by molar-refractivity contribution is 5.94. The summed E-state index contributed by atoms with van der Waals surface area (Å²) in [6.07, 6.45) is 0. The first-order valence-electron chi connectivity index (χ1n) is 5.96. The molecule has 2 rings (SSSR count). The summed E-state index contributed by atoms with van der Waals surface area (Å²) >= 11 is 0. The number of rotatable bonds is 3. The van der Waals surface area contributed by atoms with E-state index in [1.165, 1.54) is 5.56 Å². The lowest BCUT2D eigenvalue weighted by atomic mass is 9.95. The number of benzene rings is 2. The SMILES string of the molecule is C=C(c1ccc(C(C)=O)cc1)c1ccccc1C. The van der Waals surface area contributed by atoms with E-state index in [9.17, 15) is 4.79 Å². The number of hydrogen-bond donors (Lipinski definition) is 0. The van der Waals surface area contributed by atoms with Crippen molar-refractivity contribution in [3.8, 4) is 0 Å². The molecule has 1 nitrogen and oxygen atoms in total. The Morgan fingerprint density at radius 2 is 1.50 bits per heavy atom. The van der Waals surface area contributed by atoms with Gasteiger partial charge in [0.05, 0.1) is 0 Å². The van der Waals surface area contributed by atoms with Crippen LogP contribution in [0.3, 0.4) is 0 Å². The molecule has 18 heavy (non-hydrogen) atoms. The first-order valence-corrected chi connectivity index (χ1v) is 5.96. The van der Waals surface area contributed by atoms with Crippen molar-refractivity contribution >= 4 is 11.4 Å². The van der Waals surface area contributed by atoms with Crippen molar-refractivity contribution in [1.29, 1.82) is 0 Å². The zero-order chi connectivity index (χ0) is 13.1. The molecule has 0 amide bonds. The minimum Gasteiger partial charge on any atom is -0.295 e. The van der Waals surface area contributed by atoms with E-state index in [1.807, 2.05) is 36.4 Å². The maximum absolute atomic E-state index is 11.2. The minimum absolute atomic E-state index is 0.0862. The summed E-state index contributed by atoms with van der Waals surface area (Å²) in [6.45, 7) is 7.79. The van der Waals surface area contributed by atoms with E-state index in [4.69, 9.17) is 0 Å². The van der Waals surface area contributed by atoms with E-state index in [0.29, 0.717) is 0 Å². The fraction of sp³-hybridized carbons (Fsp3) is 0.118. The summed E-state index contributed by atoms with van der Waals surface area (Å²) in [6, 6.07) is 15.8. The highest BCUT2D eigenvalue weighted by Gasteiger charge is 2.05. The third kappa shape index (κ3) is 2.40.